The highest BCUT2D eigenvalue weighted by molar-refractivity contribution is 6.15. The van der Waals surface area contributed by atoms with Crippen molar-refractivity contribution >= 4 is 17.8 Å². The molecule has 188 valence electrons. The molecule has 0 radical (unpaired) electrons. The molecule has 8 nitrogen and oxygen atoms in total. The minimum Gasteiger partial charge on any atom is -0.507 e. The number of carbonyl (C=O) groups is 2. The SMILES string of the molecule is COC(=O)c1ccc(C=C2Oc3c(ccc(O)c3CN3CC4CC(C3)c3cccc(=O)n3C4)C2=O)cc1. The number of likely N-dealkylation sites (tertiary alicyclic amines) is 1. The van der Waals surface area contributed by atoms with Crippen molar-refractivity contribution < 1.29 is 24.2 Å². The summed E-state index contributed by atoms with van der Waals surface area (Å²) in [5, 5.41) is 10.7. The first kappa shape index (κ1) is 23.2. The molecule has 37 heavy (non-hydrogen) atoms. The van der Waals surface area contributed by atoms with Crippen LogP contribution in [0.3, 0.4) is 0 Å². The lowest BCUT2D eigenvalue weighted by Crippen LogP contribution is -2.46. The van der Waals surface area contributed by atoms with Gasteiger partial charge >= 0.3 is 5.97 Å². The fourth-order valence-corrected chi connectivity index (χ4v) is 5.78. The summed E-state index contributed by atoms with van der Waals surface area (Å²) in [4.78, 5) is 39.4. The van der Waals surface area contributed by atoms with E-state index in [4.69, 9.17) is 9.47 Å². The van der Waals surface area contributed by atoms with Crippen LogP contribution in [0.2, 0.25) is 0 Å². The molecule has 0 amide bonds. The highest BCUT2D eigenvalue weighted by Crippen LogP contribution is 2.42. The molecule has 0 aliphatic carbocycles. The van der Waals surface area contributed by atoms with Crippen LogP contribution in [-0.4, -0.2) is 46.5 Å². The summed E-state index contributed by atoms with van der Waals surface area (Å²) in [6.07, 6.45) is 2.67. The molecule has 4 heterocycles. The third-order valence-electron chi connectivity index (χ3n) is 7.48. The number of hydrogen-bond acceptors (Lipinski definition) is 7. The van der Waals surface area contributed by atoms with Gasteiger partial charge in [0.05, 0.1) is 23.8 Å². The predicted molar refractivity (Wildman–Crippen MR) is 136 cm³/mol. The van der Waals surface area contributed by atoms with Gasteiger partial charge in [0, 0.05) is 43.9 Å². The first-order valence-corrected chi connectivity index (χ1v) is 12.3. The number of hydrogen-bond donors (Lipinski definition) is 1. The third-order valence-corrected chi connectivity index (χ3v) is 7.48. The molecule has 2 aromatic carbocycles. The number of pyridine rings is 1. The topological polar surface area (TPSA) is 98.1 Å². The molecule has 8 heteroatoms. The van der Waals surface area contributed by atoms with Crippen LogP contribution in [0.5, 0.6) is 11.5 Å². The number of carbonyl (C=O) groups excluding carboxylic acids is 2. The summed E-state index contributed by atoms with van der Waals surface area (Å²) in [5.41, 5.74) is 3.22. The fourth-order valence-electron chi connectivity index (χ4n) is 5.78. The number of methoxy groups -OCH3 is 1. The van der Waals surface area contributed by atoms with Gasteiger partial charge in [-0.2, -0.15) is 0 Å². The van der Waals surface area contributed by atoms with E-state index < -0.39 is 5.97 Å². The van der Waals surface area contributed by atoms with E-state index in [0.717, 1.165) is 25.2 Å². The van der Waals surface area contributed by atoms with Crippen LogP contribution < -0.4 is 10.3 Å². The Morgan fingerprint density at radius 2 is 1.89 bits per heavy atom. The molecular formula is C29H26N2O6. The molecule has 3 aliphatic rings. The van der Waals surface area contributed by atoms with Crippen LogP contribution in [0.15, 0.2) is 65.2 Å². The molecule has 2 bridgehead atoms. The van der Waals surface area contributed by atoms with E-state index in [2.05, 4.69) is 4.90 Å². The quantitative estimate of drug-likeness (QED) is 0.434. The highest BCUT2D eigenvalue weighted by Gasteiger charge is 2.36. The Morgan fingerprint density at radius 3 is 2.68 bits per heavy atom. The van der Waals surface area contributed by atoms with E-state index in [1.54, 1.807) is 48.5 Å². The normalized spacial score (nSPS) is 21.3. The maximum absolute atomic E-state index is 13.1. The van der Waals surface area contributed by atoms with Gasteiger partial charge in [-0.3, -0.25) is 14.5 Å². The van der Waals surface area contributed by atoms with Crippen molar-refractivity contribution in [3.63, 3.8) is 0 Å². The van der Waals surface area contributed by atoms with Crippen molar-refractivity contribution in [3.8, 4) is 11.5 Å². The molecule has 1 N–H and O–H groups in total. The lowest BCUT2D eigenvalue weighted by Gasteiger charge is -2.42. The molecule has 0 saturated carbocycles. The van der Waals surface area contributed by atoms with Gasteiger partial charge in [0.2, 0.25) is 5.78 Å². The van der Waals surface area contributed by atoms with Gasteiger partial charge in [0.1, 0.15) is 11.5 Å². The van der Waals surface area contributed by atoms with Gasteiger partial charge in [-0.25, -0.2) is 4.79 Å². The maximum Gasteiger partial charge on any atom is 0.337 e. The lowest BCUT2D eigenvalue weighted by atomic mass is 9.83. The van der Waals surface area contributed by atoms with Crippen molar-refractivity contribution in [3.05, 3.63) is 98.7 Å². The zero-order chi connectivity index (χ0) is 25.7. The molecule has 3 aromatic rings. The monoisotopic (exact) mass is 498 g/mol. The molecule has 2 atom stereocenters. The Labute approximate surface area is 213 Å². The van der Waals surface area contributed by atoms with Crippen LogP contribution in [0.25, 0.3) is 6.08 Å². The predicted octanol–water partition coefficient (Wildman–Crippen LogP) is 3.58. The van der Waals surface area contributed by atoms with Crippen LogP contribution in [0.1, 0.15) is 49.9 Å². The fraction of sp³-hybridized carbons (Fsp3) is 0.276. The summed E-state index contributed by atoms with van der Waals surface area (Å²) < 4.78 is 12.6. The Bertz CT molecular complexity index is 1500. The van der Waals surface area contributed by atoms with Crippen LogP contribution in [0.4, 0.5) is 0 Å². The number of rotatable bonds is 4. The van der Waals surface area contributed by atoms with Gasteiger partial charge in [0.15, 0.2) is 5.76 Å². The number of Topliss-reactive ketones (excluding diaryl/α,β-unsaturated/α-hetero) is 1. The summed E-state index contributed by atoms with van der Waals surface area (Å²) in [7, 11) is 1.32. The van der Waals surface area contributed by atoms with Crippen molar-refractivity contribution in [2.45, 2.75) is 25.4 Å². The van der Waals surface area contributed by atoms with E-state index in [-0.39, 0.29) is 28.8 Å². The van der Waals surface area contributed by atoms with Gasteiger partial charge in [-0.05, 0) is 54.3 Å². The van der Waals surface area contributed by atoms with E-state index in [0.29, 0.717) is 47.0 Å². The number of esters is 1. The average molecular weight is 499 g/mol. The average Bonchev–Trinajstić information content (AvgIpc) is 3.21. The Balaban J connectivity index is 1.25. The number of phenols is 1. The third kappa shape index (κ3) is 4.13. The van der Waals surface area contributed by atoms with Crippen molar-refractivity contribution in [1.29, 1.82) is 0 Å². The molecular weight excluding hydrogens is 472 g/mol. The van der Waals surface area contributed by atoms with Crippen molar-refractivity contribution in [2.75, 3.05) is 20.2 Å². The largest absolute Gasteiger partial charge is 0.507 e. The van der Waals surface area contributed by atoms with Crippen molar-refractivity contribution in [1.82, 2.24) is 9.47 Å². The van der Waals surface area contributed by atoms with Crippen LogP contribution in [0, 0.1) is 5.92 Å². The van der Waals surface area contributed by atoms with Gasteiger partial charge < -0.3 is 19.1 Å². The molecule has 2 unspecified atom stereocenters. The first-order chi connectivity index (χ1) is 17.9. The minimum absolute atomic E-state index is 0.0466. The number of aromatic nitrogens is 1. The standard InChI is InChI=1S/C29H26N2O6/c1-36-29(35)19-7-5-17(6-8-19)12-25-27(34)21-9-10-24(32)22(28(21)37-25)16-30-13-18-11-20(15-30)23-3-2-4-26(33)31(23)14-18/h2-10,12,18,20,32H,11,13-16H2,1H3. The molecule has 1 fully saturated rings. The van der Waals surface area contributed by atoms with Gasteiger partial charge in [-0.1, -0.05) is 18.2 Å². The number of ketones is 1. The van der Waals surface area contributed by atoms with Crippen LogP contribution >= 0.6 is 0 Å². The molecule has 3 aliphatic heterocycles. The number of allylic oxidation sites excluding steroid dienone is 1. The Kier molecular flexibility index (Phi) is 5.68. The zero-order valence-corrected chi connectivity index (χ0v) is 20.3. The summed E-state index contributed by atoms with van der Waals surface area (Å²) >= 11 is 0. The summed E-state index contributed by atoms with van der Waals surface area (Å²) in [6.45, 7) is 2.68. The van der Waals surface area contributed by atoms with Gasteiger partial charge in [-0.15, -0.1) is 0 Å². The van der Waals surface area contributed by atoms with E-state index in [1.165, 1.54) is 7.11 Å². The second kappa shape index (κ2) is 9.05. The van der Waals surface area contributed by atoms with Gasteiger partial charge in [0.25, 0.3) is 5.56 Å². The summed E-state index contributed by atoms with van der Waals surface area (Å²) in [6, 6.07) is 15.3. The Hall–Kier alpha value is -4.17. The number of piperidine rings is 1. The summed E-state index contributed by atoms with van der Waals surface area (Å²) in [5.74, 6) is 0.533. The number of phenolic OH excluding ortho intramolecular Hbond substituents is 1. The maximum atomic E-state index is 13.1. The highest BCUT2D eigenvalue weighted by atomic mass is 16.5. The minimum atomic E-state index is -0.433. The van der Waals surface area contributed by atoms with Crippen molar-refractivity contribution in [2.24, 2.45) is 5.92 Å². The number of aromatic hydroxyl groups is 1. The van der Waals surface area contributed by atoms with E-state index in [9.17, 15) is 19.5 Å². The number of nitrogens with zero attached hydrogens (tertiary/aromatic N) is 2. The van der Waals surface area contributed by atoms with Crippen LogP contribution in [-0.2, 0) is 17.8 Å². The van der Waals surface area contributed by atoms with E-state index >= 15 is 0 Å². The molecule has 6 rings (SSSR count). The zero-order valence-electron chi connectivity index (χ0n) is 20.3. The molecule has 1 saturated heterocycles. The lowest BCUT2D eigenvalue weighted by molar-refractivity contribution is 0.0600. The second-order valence-electron chi connectivity index (χ2n) is 9.89. The number of fused-ring (bicyclic) bond motifs is 5. The number of ether oxygens (including phenoxy) is 2. The second-order valence-corrected chi connectivity index (χ2v) is 9.89. The smallest absolute Gasteiger partial charge is 0.337 e. The first-order valence-electron chi connectivity index (χ1n) is 12.3. The molecule has 1 aromatic heterocycles. The van der Waals surface area contributed by atoms with E-state index in [1.807, 2.05) is 16.7 Å². The Morgan fingerprint density at radius 1 is 1.08 bits per heavy atom. The number of benzene rings is 2. The molecule has 0 spiro atoms.